The third-order valence-electron chi connectivity index (χ3n) is 4.73. The number of hydrogen-bond donors (Lipinski definition) is 0. The second-order valence-electron chi connectivity index (χ2n) is 6.79. The van der Waals surface area contributed by atoms with Gasteiger partial charge in [-0.3, -0.25) is 4.79 Å². The molecular weight excluding hydrogens is 436 g/mol. The summed E-state index contributed by atoms with van der Waals surface area (Å²) in [6.45, 7) is 3.17. The topological polar surface area (TPSA) is 69.5 Å². The number of aromatic nitrogens is 3. The number of thioether (sulfide) groups is 1. The minimum Gasteiger partial charge on any atom is -0.493 e. The summed E-state index contributed by atoms with van der Waals surface area (Å²) in [4.78, 5) is 14.4. The third kappa shape index (κ3) is 5.51. The monoisotopic (exact) mass is 460 g/mol. The van der Waals surface area contributed by atoms with E-state index in [9.17, 15) is 4.79 Å². The number of nitrogens with zero attached hydrogens (tertiary/aromatic N) is 4. The molecule has 2 aromatic carbocycles. The zero-order valence-electron chi connectivity index (χ0n) is 18.0. The Hall–Kier alpha value is -2.71. The Kier molecular flexibility index (Phi) is 7.81. The van der Waals surface area contributed by atoms with Gasteiger partial charge in [0, 0.05) is 30.7 Å². The largest absolute Gasteiger partial charge is 0.493 e. The van der Waals surface area contributed by atoms with Gasteiger partial charge in [0.2, 0.25) is 5.91 Å². The highest BCUT2D eigenvalue weighted by Crippen LogP contribution is 2.28. The van der Waals surface area contributed by atoms with Crippen LogP contribution in [0.25, 0.3) is 11.4 Å². The van der Waals surface area contributed by atoms with Crippen molar-refractivity contribution in [3.8, 4) is 22.9 Å². The van der Waals surface area contributed by atoms with Crippen LogP contribution in [0.15, 0.2) is 47.6 Å². The Bertz CT molecular complexity index is 1060. The molecule has 0 radical (unpaired) electrons. The molecule has 0 aliphatic carbocycles. The van der Waals surface area contributed by atoms with Crippen molar-refractivity contribution in [2.45, 2.75) is 25.2 Å². The molecule has 164 valence electrons. The van der Waals surface area contributed by atoms with Gasteiger partial charge in [-0.1, -0.05) is 41.6 Å². The molecule has 0 bridgehead atoms. The lowest BCUT2D eigenvalue weighted by Gasteiger charge is -2.18. The van der Waals surface area contributed by atoms with Crippen LogP contribution >= 0.6 is 23.4 Å². The van der Waals surface area contributed by atoms with E-state index in [1.807, 2.05) is 54.0 Å². The van der Waals surface area contributed by atoms with Crippen LogP contribution in [0.3, 0.4) is 0 Å². The highest BCUT2D eigenvalue weighted by Gasteiger charge is 2.17. The Morgan fingerprint density at radius 1 is 1.13 bits per heavy atom. The standard InChI is InChI=1S/C22H25ClN4O3S/c1-5-27-21(16-7-6-8-17(23)12-16)24-25-22(27)31-14-20(28)26(2)13-15-9-10-18(29-3)19(11-15)30-4/h6-12H,5,13-14H2,1-4H3. The van der Waals surface area contributed by atoms with Gasteiger partial charge >= 0.3 is 0 Å². The van der Waals surface area contributed by atoms with Crippen molar-refractivity contribution in [2.24, 2.45) is 0 Å². The van der Waals surface area contributed by atoms with Crippen molar-refractivity contribution in [3.05, 3.63) is 53.1 Å². The molecule has 7 nitrogen and oxygen atoms in total. The Morgan fingerprint density at radius 2 is 1.90 bits per heavy atom. The molecule has 0 saturated carbocycles. The SMILES string of the molecule is CCn1c(SCC(=O)N(C)Cc2ccc(OC)c(OC)c2)nnc1-c1cccc(Cl)c1. The maximum atomic E-state index is 12.7. The summed E-state index contributed by atoms with van der Waals surface area (Å²) in [6.07, 6.45) is 0. The molecule has 9 heteroatoms. The van der Waals surface area contributed by atoms with Crippen LogP contribution in [0.2, 0.25) is 5.02 Å². The molecule has 1 aromatic heterocycles. The van der Waals surface area contributed by atoms with E-state index < -0.39 is 0 Å². The van der Waals surface area contributed by atoms with Gasteiger partial charge in [-0.05, 0) is 36.8 Å². The molecule has 3 aromatic rings. The Morgan fingerprint density at radius 3 is 2.58 bits per heavy atom. The molecule has 0 aliphatic heterocycles. The Labute approximate surface area is 191 Å². The molecule has 0 atom stereocenters. The van der Waals surface area contributed by atoms with Crippen LogP contribution < -0.4 is 9.47 Å². The molecule has 0 spiro atoms. The molecule has 0 N–H and O–H groups in total. The van der Waals surface area contributed by atoms with Crippen LogP contribution in [-0.4, -0.2) is 52.6 Å². The molecule has 0 fully saturated rings. The second-order valence-corrected chi connectivity index (χ2v) is 8.17. The highest BCUT2D eigenvalue weighted by molar-refractivity contribution is 7.99. The van der Waals surface area contributed by atoms with Crippen LogP contribution in [0, 0.1) is 0 Å². The normalized spacial score (nSPS) is 10.7. The average Bonchev–Trinajstić information content (AvgIpc) is 3.20. The molecule has 3 rings (SSSR count). The number of methoxy groups -OCH3 is 2. The molecule has 1 amide bonds. The summed E-state index contributed by atoms with van der Waals surface area (Å²) < 4.78 is 12.6. The van der Waals surface area contributed by atoms with Crippen molar-refractivity contribution >= 4 is 29.3 Å². The fourth-order valence-corrected chi connectivity index (χ4v) is 4.23. The minimum absolute atomic E-state index is 0.00487. The van der Waals surface area contributed by atoms with E-state index in [0.29, 0.717) is 34.8 Å². The van der Waals surface area contributed by atoms with Crippen LogP contribution in [0.1, 0.15) is 12.5 Å². The van der Waals surface area contributed by atoms with Gasteiger partial charge < -0.3 is 18.9 Å². The van der Waals surface area contributed by atoms with Crippen molar-refractivity contribution in [1.82, 2.24) is 19.7 Å². The van der Waals surface area contributed by atoms with Gasteiger partial charge in [-0.25, -0.2) is 0 Å². The van der Waals surface area contributed by atoms with Crippen molar-refractivity contribution < 1.29 is 14.3 Å². The fourth-order valence-electron chi connectivity index (χ4n) is 3.10. The van der Waals surface area contributed by atoms with E-state index in [1.54, 1.807) is 26.2 Å². The van der Waals surface area contributed by atoms with E-state index in [-0.39, 0.29) is 11.7 Å². The number of carbonyl (C=O) groups excluding carboxylic acids is 1. The molecule has 31 heavy (non-hydrogen) atoms. The minimum atomic E-state index is -0.00487. The van der Waals surface area contributed by atoms with Crippen LogP contribution in [0.4, 0.5) is 0 Å². The quantitative estimate of drug-likeness (QED) is 0.441. The van der Waals surface area contributed by atoms with Gasteiger partial charge in [0.1, 0.15) is 0 Å². The third-order valence-corrected chi connectivity index (χ3v) is 5.92. The van der Waals surface area contributed by atoms with Gasteiger partial charge in [0.05, 0.1) is 20.0 Å². The maximum absolute atomic E-state index is 12.7. The first-order valence-corrected chi connectivity index (χ1v) is 11.1. The average molecular weight is 461 g/mol. The molecule has 0 aliphatic rings. The number of benzene rings is 2. The van der Waals surface area contributed by atoms with Crippen LogP contribution in [0.5, 0.6) is 11.5 Å². The number of amides is 1. The molecule has 1 heterocycles. The first kappa shape index (κ1) is 23.0. The van der Waals surface area contributed by atoms with E-state index in [1.165, 1.54) is 11.8 Å². The van der Waals surface area contributed by atoms with Crippen molar-refractivity contribution in [2.75, 3.05) is 27.0 Å². The predicted molar refractivity (Wildman–Crippen MR) is 123 cm³/mol. The van der Waals surface area contributed by atoms with Crippen molar-refractivity contribution in [1.29, 1.82) is 0 Å². The number of carbonyl (C=O) groups is 1. The predicted octanol–water partition coefficient (Wildman–Crippen LogP) is 4.39. The maximum Gasteiger partial charge on any atom is 0.233 e. The van der Waals surface area contributed by atoms with Gasteiger partial charge in [0.15, 0.2) is 22.5 Å². The van der Waals surface area contributed by atoms with Gasteiger partial charge in [-0.2, -0.15) is 0 Å². The first-order chi connectivity index (χ1) is 15.0. The number of hydrogen-bond acceptors (Lipinski definition) is 6. The fraction of sp³-hybridized carbons (Fsp3) is 0.318. The van der Waals surface area contributed by atoms with E-state index in [2.05, 4.69) is 10.2 Å². The zero-order chi connectivity index (χ0) is 22.4. The smallest absolute Gasteiger partial charge is 0.233 e. The first-order valence-electron chi connectivity index (χ1n) is 9.73. The van der Waals surface area contributed by atoms with E-state index >= 15 is 0 Å². The molecular formula is C22H25ClN4O3S. The summed E-state index contributed by atoms with van der Waals surface area (Å²) in [6, 6.07) is 13.1. The molecule has 0 unspecified atom stereocenters. The second kappa shape index (κ2) is 10.5. The Balaban J connectivity index is 1.65. The number of halogens is 1. The number of ether oxygens (including phenoxy) is 2. The van der Waals surface area contributed by atoms with Crippen molar-refractivity contribution in [3.63, 3.8) is 0 Å². The lowest BCUT2D eigenvalue weighted by atomic mass is 10.2. The van der Waals surface area contributed by atoms with Gasteiger partial charge in [-0.15, -0.1) is 10.2 Å². The highest BCUT2D eigenvalue weighted by atomic mass is 35.5. The van der Waals surface area contributed by atoms with E-state index in [4.69, 9.17) is 21.1 Å². The van der Waals surface area contributed by atoms with Crippen LogP contribution in [-0.2, 0) is 17.9 Å². The summed E-state index contributed by atoms with van der Waals surface area (Å²) in [5, 5.41) is 9.93. The zero-order valence-corrected chi connectivity index (χ0v) is 19.5. The summed E-state index contributed by atoms with van der Waals surface area (Å²) in [5.74, 6) is 2.29. The number of rotatable bonds is 9. The lowest BCUT2D eigenvalue weighted by molar-refractivity contribution is -0.127. The summed E-state index contributed by atoms with van der Waals surface area (Å²) in [5.41, 5.74) is 1.85. The van der Waals surface area contributed by atoms with Gasteiger partial charge in [0.25, 0.3) is 0 Å². The van der Waals surface area contributed by atoms with E-state index in [0.717, 1.165) is 17.0 Å². The lowest BCUT2D eigenvalue weighted by Crippen LogP contribution is -2.28. The summed E-state index contributed by atoms with van der Waals surface area (Å²) >= 11 is 7.48. The summed E-state index contributed by atoms with van der Waals surface area (Å²) in [7, 11) is 4.97. The molecule has 0 saturated heterocycles.